The molecule has 0 radical (unpaired) electrons. The summed E-state index contributed by atoms with van der Waals surface area (Å²) in [5.74, 6) is -1.12. The summed E-state index contributed by atoms with van der Waals surface area (Å²) in [7, 11) is -3.47. The summed E-state index contributed by atoms with van der Waals surface area (Å²) in [5.41, 5.74) is 0.182. The second-order valence-corrected chi connectivity index (χ2v) is 9.33. The van der Waals surface area contributed by atoms with Crippen molar-refractivity contribution < 1.29 is 22.4 Å². The molecule has 1 heterocycles. The Bertz CT molecular complexity index is 842. The third kappa shape index (κ3) is 5.89. The Balaban J connectivity index is 1.43. The monoisotopic (exact) mass is 426 g/mol. The number of carbonyl (C=O) groups is 2. The number of carbonyl (C=O) groups excluding carboxylic acids is 2. The minimum absolute atomic E-state index is 0.0250. The van der Waals surface area contributed by atoms with Gasteiger partial charge in [-0.3, -0.25) is 4.79 Å². The molecule has 8 nitrogen and oxygen atoms in total. The molecule has 0 aromatic heterocycles. The predicted octanol–water partition coefficient (Wildman–Crippen LogP) is 1.48. The van der Waals surface area contributed by atoms with Crippen LogP contribution in [0.5, 0.6) is 0 Å². The van der Waals surface area contributed by atoms with Gasteiger partial charge < -0.3 is 15.5 Å². The van der Waals surface area contributed by atoms with E-state index in [0.717, 1.165) is 32.1 Å². The fourth-order valence-corrected chi connectivity index (χ4v) is 5.00. The quantitative estimate of drug-likeness (QED) is 0.614. The molecule has 2 aliphatic rings. The van der Waals surface area contributed by atoms with Crippen molar-refractivity contribution >= 4 is 27.6 Å². The average Bonchev–Trinajstić information content (AvgIpc) is 3.02. The molecular weight excluding hydrogens is 399 g/mol. The fourth-order valence-electron chi connectivity index (χ4n) is 3.77. The van der Waals surface area contributed by atoms with Crippen LogP contribution in [0, 0.1) is 5.82 Å². The number of hydrogen-bond donors (Lipinski definition) is 3. The van der Waals surface area contributed by atoms with Gasteiger partial charge in [-0.1, -0.05) is 31.4 Å². The molecule has 1 saturated heterocycles. The molecule has 3 N–H and O–H groups in total. The molecule has 1 aliphatic heterocycles. The minimum atomic E-state index is -3.47. The number of urea groups is 1. The molecule has 3 amide bonds. The van der Waals surface area contributed by atoms with E-state index in [2.05, 4.69) is 15.4 Å². The van der Waals surface area contributed by atoms with Gasteiger partial charge in [-0.15, -0.1) is 0 Å². The van der Waals surface area contributed by atoms with E-state index in [-0.39, 0.29) is 24.0 Å². The van der Waals surface area contributed by atoms with E-state index in [1.165, 1.54) is 17.0 Å². The van der Waals surface area contributed by atoms with Crippen LogP contribution in [0.1, 0.15) is 38.5 Å². The van der Waals surface area contributed by atoms with Crippen molar-refractivity contribution in [1.82, 2.24) is 15.4 Å². The van der Waals surface area contributed by atoms with Gasteiger partial charge in [-0.2, -0.15) is 0 Å². The number of benzene rings is 1. The number of nitrogens with one attached hydrogen (secondary N) is 3. The maximum Gasteiger partial charge on any atom is 0.315 e. The van der Waals surface area contributed by atoms with E-state index in [9.17, 15) is 22.4 Å². The second kappa shape index (κ2) is 9.53. The molecule has 2 fully saturated rings. The van der Waals surface area contributed by atoms with Gasteiger partial charge in [-0.05, 0) is 31.4 Å². The van der Waals surface area contributed by atoms with Crippen LogP contribution in [-0.2, 0) is 14.8 Å². The van der Waals surface area contributed by atoms with E-state index in [1.807, 2.05) is 0 Å². The van der Waals surface area contributed by atoms with Gasteiger partial charge in [0.2, 0.25) is 15.9 Å². The molecule has 1 aliphatic carbocycles. The lowest BCUT2D eigenvalue weighted by molar-refractivity contribution is -0.118. The second-order valence-electron chi connectivity index (χ2n) is 7.45. The number of hydrogen-bond acceptors (Lipinski definition) is 4. The first-order valence-corrected chi connectivity index (χ1v) is 11.6. The molecule has 3 rings (SSSR count). The van der Waals surface area contributed by atoms with E-state index >= 15 is 0 Å². The van der Waals surface area contributed by atoms with Gasteiger partial charge in [0, 0.05) is 19.1 Å². The van der Waals surface area contributed by atoms with Crippen LogP contribution < -0.4 is 20.3 Å². The number of amides is 3. The summed E-state index contributed by atoms with van der Waals surface area (Å²) >= 11 is 0. The first kappa shape index (κ1) is 21.5. The Morgan fingerprint density at radius 1 is 1.14 bits per heavy atom. The standard InChI is InChI=1S/C19H27FN4O4S/c20-15-8-4-5-9-17(15)24-12-10-16(18(24)25)22-19(26)21-11-13-29(27,28)23-14-6-2-1-3-7-14/h4-5,8-9,14,16,23H,1-3,6-7,10-13H2,(H2,21,22,26). The smallest absolute Gasteiger partial charge is 0.315 e. The molecule has 1 saturated carbocycles. The highest BCUT2D eigenvalue weighted by Crippen LogP contribution is 2.24. The van der Waals surface area contributed by atoms with Crippen LogP contribution in [0.25, 0.3) is 0 Å². The summed E-state index contributed by atoms with van der Waals surface area (Å²) in [6, 6.07) is 4.56. The first-order valence-electron chi connectivity index (χ1n) is 9.96. The molecule has 29 heavy (non-hydrogen) atoms. The fraction of sp³-hybridized carbons (Fsp3) is 0.579. The Hall–Kier alpha value is -2.20. The maximum absolute atomic E-state index is 13.9. The number of rotatable bonds is 7. The Morgan fingerprint density at radius 2 is 1.86 bits per heavy atom. The SMILES string of the molecule is O=C(NCCS(=O)(=O)NC1CCCCC1)NC1CCN(c2ccccc2F)C1=O. The van der Waals surface area contributed by atoms with Crippen molar-refractivity contribution in [2.45, 2.75) is 50.6 Å². The molecule has 1 unspecified atom stereocenters. The Kier molecular flexibility index (Phi) is 7.07. The molecule has 1 aromatic rings. The number of para-hydroxylation sites is 1. The van der Waals surface area contributed by atoms with Gasteiger partial charge >= 0.3 is 6.03 Å². The Morgan fingerprint density at radius 3 is 2.59 bits per heavy atom. The van der Waals surface area contributed by atoms with Crippen molar-refractivity contribution in [2.24, 2.45) is 0 Å². The van der Waals surface area contributed by atoms with Crippen molar-refractivity contribution in [2.75, 3.05) is 23.7 Å². The first-order chi connectivity index (χ1) is 13.9. The number of anilines is 1. The zero-order valence-corrected chi connectivity index (χ0v) is 17.0. The van der Waals surface area contributed by atoms with Crippen LogP contribution in [0.4, 0.5) is 14.9 Å². The highest BCUT2D eigenvalue weighted by Gasteiger charge is 2.34. The molecule has 0 bridgehead atoms. The van der Waals surface area contributed by atoms with Crippen molar-refractivity contribution in [3.63, 3.8) is 0 Å². The normalized spacial score (nSPS) is 20.7. The van der Waals surface area contributed by atoms with Crippen LogP contribution >= 0.6 is 0 Å². The molecule has 1 atom stereocenters. The lowest BCUT2D eigenvalue weighted by atomic mass is 9.96. The highest BCUT2D eigenvalue weighted by atomic mass is 32.2. The van der Waals surface area contributed by atoms with Crippen LogP contribution in [0.2, 0.25) is 0 Å². The van der Waals surface area contributed by atoms with Crippen molar-refractivity contribution in [3.05, 3.63) is 30.1 Å². The van der Waals surface area contributed by atoms with Crippen LogP contribution in [0.15, 0.2) is 24.3 Å². The number of halogens is 1. The summed E-state index contributed by atoms with van der Waals surface area (Å²) in [6.07, 6.45) is 5.21. The largest absolute Gasteiger partial charge is 0.337 e. The van der Waals surface area contributed by atoms with Crippen molar-refractivity contribution in [3.8, 4) is 0 Å². The molecule has 0 spiro atoms. The zero-order chi connectivity index (χ0) is 20.9. The number of nitrogens with zero attached hydrogens (tertiary/aromatic N) is 1. The van der Waals surface area contributed by atoms with Gasteiger partial charge in [0.05, 0.1) is 11.4 Å². The van der Waals surface area contributed by atoms with E-state index in [0.29, 0.717) is 13.0 Å². The van der Waals surface area contributed by atoms with Crippen LogP contribution in [-0.4, -0.2) is 51.3 Å². The molecule has 1 aromatic carbocycles. The topological polar surface area (TPSA) is 108 Å². The molecule has 10 heteroatoms. The third-order valence-corrected chi connectivity index (χ3v) is 6.70. The van der Waals surface area contributed by atoms with E-state index < -0.39 is 33.8 Å². The van der Waals surface area contributed by atoms with Gasteiger partial charge in [0.15, 0.2) is 0 Å². The van der Waals surface area contributed by atoms with Gasteiger partial charge in [-0.25, -0.2) is 22.3 Å². The lowest BCUT2D eigenvalue weighted by Gasteiger charge is -2.22. The molecular formula is C19H27FN4O4S. The van der Waals surface area contributed by atoms with Crippen molar-refractivity contribution in [1.29, 1.82) is 0 Å². The van der Waals surface area contributed by atoms with Gasteiger partial charge in [0.1, 0.15) is 11.9 Å². The summed E-state index contributed by atoms with van der Waals surface area (Å²) in [6.45, 7) is 0.232. The summed E-state index contributed by atoms with van der Waals surface area (Å²) < 4.78 is 40.8. The van der Waals surface area contributed by atoms with Crippen LogP contribution in [0.3, 0.4) is 0 Å². The summed E-state index contributed by atoms with van der Waals surface area (Å²) in [5, 5.41) is 5.01. The zero-order valence-electron chi connectivity index (χ0n) is 16.2. The average molecular weight is 427 g/mol. The highest BCUT2D eigenvalue weighted by molar-refractivity contribution is 7.89. The lowest BCUT2D eigenvalue weighted by Crippen LogP contribution is -2.48. The van der Waals surface area contributed by atoms with Gasteiger partial charge in [0.25, 0.3) is 0 Å². The minimum Gasteiger partial charge on any atom is -0.337 e. The van der Waals surface area contributed by atoms with E-state index in [1.54, 1.807) is 12.1 Å². The Labute approximate surface area is 170 Å². The number of sulfonamides is 1. The third-order valence-electron chi connectivity index (χ3n) is 5.26. The molecule has 160 valence electrons. The van der Waals surface area contributed by atoms with E-state index in [4.69, 9.17) is 0 Å². The predicted molar refractivity (Wildman–Crippen MR) is 107 cm³/mol. The summed E-state index contributed by atoms with van der Waals surface area (Å²) in [4.78, 5) is 25.8. The maximum atomic E-state index is 13.9.